The first-order valence-corrected chi connectivity index (χ1v) is 8.93. The van der Waals surface area contributed by atoms with Crippen LogP contribution < -0.4 is 10.1 Å². The second kappa shape index (κ2) is 6.67. The molecule has 21 heavy (non-hydrogen) atoms. The molecule has 110 valence electrons. The molecule has 1 fully saturated rings. The molecule has 4 heteroatoms. The molecular formula is C17H17BrINO. The van der Waals surface area contributed by atoms with Gasteiger partial charge in [0, 0.05) is 8.04 Å². The van der Waals surface area contributed by atoms with Gasteiger partial charge in [-0.15, -0.1) is 0 Å². The Morgan fingerprint density at radius 2 is 1.90 bits per heavy atom. The summed E-state index contributed by atoms with van der Waals surface area (Å²) in [6, 6.07) is 15.0. The Morgan fingerprint density at radius 3 is 2.52 bits per heavy atom. The second-order valence-corrected chi connectivity index (χ2v) is 7.37. The van der Waals surface area contributed by atoms with E-state index < -0.39 is 0 Å². The van der Waals surface area contributed by atoms with E-state index in [1.165, 1.54) is 27.5 Å². The summed E-state index contributed by atoms with van der Waals surface area (Å²) in [7, 11) is 1.99. The van der Waals surface area contributed by atoms with Crippen molar-refractivity contribution in [1.29, 1.82) is 0 Å². The predicted molar refractivity (Wildman–Crippen MR) is 97.9 cm³/mol. The summed E-state index contributed by atoms with van der Waals surface area (Å²) >= 11 is 6.00. The van der Waals surface area contributed by atoms with Crippen LogP contribution in [0.4, 0.5) is 0 Å². The SMILES string of the molecule is CNC(c1ccc(OC2CC2)cc1)c1cc(I)ccc1Br. The van der Waals surface area contributed by atoms with Gasteiger partial charge in [-0.05, 0) is 83.9 Å². The monoisotopic (exact) mass is 457 g/mol. The second-order valence-electron chi connectivity index (χ2n) is 5.27. The smallest absolute Gasteiger partial charge is 0.119 e. The standard InChI is InChI=1S/C17H17BrINO/c1-20-17(15-10-12(19)4-9-16(15)18)11-2-5-13(6-3-11)21-14-7-8-14/h2-6,9-10,14,17,20H,7-8H2,1H3. The number of halogens is 2. The zero-order valence-electron chi connectivity index (χ0n) is 11.8. The van der Waals surface area contributed by atoms with Gasteiger partial charge in [0.15, 0.2) is 0 Å². The third-order valence-electron chi connectivity index (χ3n) is 3.60. The van der Waals surface area contributed by atoms with E-state index in [-0.39, 0.29) is 6.04 Å². The molecule has 0 saturated heterocycles. The van der Waals surface area contributed by atoms with E-state index in [4.69, 9.17) is 4.74 Å². The van der Waals surface area contributed by atoms with Crippen LogP contribution >= 0.6 is 38.5 Å². The van der Waals surface area contributed by atoms with Crippen molar-refractivity contribution in [2.24, 2.45) is 0 Å². The van der Waals surface area contributed by atoms with Gasteiger partial charge in [-0.2, -0.15) is 0 Å². The highest BCUT2D eigenvalue weighted by Crippen LogP contribution is 2.32. The first-order valence-electron chi connectivity index (χ1n) is 7.06. The Hall–Kier alpha value is -0.590. The van der Waals surface area contributed by atoms with Crippen molar-refractivity contribution in [2.75, 3.05) is 7.05 Å². The maximum Gasteiger partial charge on any atom is 0.119 e. The molecule has 0 heterocycles. The third-order valence-corrected chi connectivity index (χ3v) is 4.99. The minimum atomic E-state index is 0.170. The highest BCUT2D eigenvalue weighted by molar-refractivity contribution is 14.1. The van der Waals surface area contributed by atoms with E-state index >= 15 is 0 Å². The van der Waals surface area contributed by atoms with Crippen LogP contribution in [-0.4, -0.2) is 13.2 Å². The molecule has 0 aliphatic heterocycles. The molecule has 1 aliphatic carbocycles. The van der Waals surface area contributed by atoms with Gasteiger partial charge in [-0.25, -0.2) is 0 Å². The van der Waals surface area contributed by atoms with Crippen molar-refractivity contribution < 1.29 is 4.74 Å². The van der Waals surface area contributed by atoms with Crippen LogP contribution in [0.5, 0.6) is 5.75 Å². The number of rotatable bonds is 5. The minimum absolute atomic E-state index is 0.170. The maximum atomic E-state index is 5.81. The molecular weight excluding hydrogens is 441 g/mol. The van der Waals surface area contributed by atoms with Gasteiger partial charge in [0.1, 0.15) is 5.75 Å². The van der Waals surface area contributed by atoms with Crippen molar-refractivity contribution in [3.63, 3.8) is 0 Å². The molecule has 1 N–H and O–H groups in total. The number of hydrogen-bond donors (Lipinski definition) is 1. The molecule has 1 aliphatic rings. The van der Waals surface area contributed by atoms with E-state index in [0.29, 0.717) is 6.10 Å². The first kappa shape index (κ1) is 15.3. The quantitative estimate of drug-likeness (QED) is 0.644. The summed E-state index contributed by atoms with van der Waals surface area (Å²) in [6.07, 6.45) is 2.83. The molecule has 0 bridgehead atoms. The fourth-order valence-corrected chi connectivity index (χ4v) is 3.35. The first-order chi connectivity index (χ1) is 10.2. The van der Waals surface area contributed by atoms with E-state index in [1.54, 1.807) is 0 Å². The summed E-state index contributed by atoms with van der Waals surface area (Å²) in [4.78, 5) is 0. The highest BCUT2D eigenvalue weighted by atomic mass is 127. The van der Waals surface area contributed by atoms with Gasteiger partial charge in [-0.1, -0.05) is 28.1 Å². The van der Waals surface area contributed by atoms with Crippen LogP contribution in [0.3, 0.4) is 0 Å². The lowest BCUT2D eigenvalue weighted by Crippen LogP contribution is -2.18. The Balaban J connectivity index is 1.86. The van der Waals surface area contributed by atoms with Crippen molar-refractivity contribution in [3.05, 3.63) is 61.6 Å². The fraction of sp³-hybridized carbons (Fsp3) is 0.294. The summed E-state index contributed by atoms with van der Waals surface area (Å²) in [5.74, 6) is 0.970. The molecule has 2 nitrogen and oxygen atoms in total. The van der Waals surface area contributed by atoms with Gasteiger partial charge >= 0.3 is 0 Å². The van der Waals surface area contributed by atoms with E-state index in [0.717, 1.165) is 10.2 Å². The number of ether oxygens (including phenoxy) is 1. The van der Waals surface area contributed by atoms with Crippen molar-refractivity contribution in [3.8, 4) is 5.75 Å². The lowest BCUT2D eigenvalue weighted by Gasteiger charge is -2.19. The maximum absolute atomic E-state index is 5.81. The van der Waals surface area contributed by atoms with E-state index in [1.807, 2.05) is 7.05 Å². The number of nitrogens with one attached hydrogen (secondary N) is 1. The van der Waals surface area contributed by atoms with E-state index in [9.17, 15) is 0 Å². The van der Waals surface area contributed by atoms with Crippen LogP contribution in [0.2, 0.25) is 0 Å². The minimum Gasteiger partial charge on any atom is -0.490 e. The summed E-state index contributed by atoms with van der Waals surface area (Å²) in [5, 5.41) is 3.40. The molecule has 1 unspecified atom stereocenters. The Kier molecular flexibility index (Phi) is 4.86. The molecule has 2 aromatic rings. The van der Waals surface area contributed by atoms with Crippen LogP contribution in [-0.2, 0) is 0 Å². The van der Waals surface area contributed by atoms with Gasteiger partial charge in [-0.3, -0.25) is 0 Å². The Labute approximate surface area is 147 Å². The van der Waals surface area contributed by atoms with Gasteiger partial charge in [0.05, 0.1) is 12.1 Å². The molecule has 1 atom stereocenters. The normalized spacial score (nSPS) is 15.8. The average Bonchev–Trinajstić information content (AvgIpc) is 3.29. The van der Waals surface area contributed by atoms with Gasteiger partial charge in [0.25, 0.3) is 0 Å². The summed E-state index contributed by atoms with van der Waals surface area (Å²) in [6.45, 7) is 0. The van der Waals surface area contributed by atoms with Crippen molar-refractivity contribution in [2.45, 2.75) is 25.0 Å². The van der Waals surface area contributed by atoms with Crippen LogP contribution in [0.1, 0.15) is 30.0 Å². The summed E-state index contributed by atoms with van der Waals surface area (Å²) in [5.41, 5.74) is 2.49. The fourth-order valence-electron chi connectivity index (χ4n) is 2.35. The molecule has 0 amide bonds. The largest absolute Gasteiger partial charge is 0.490 e. The number of benzene rings is 2. The molecule has 0 aromatic heterocycles. The topological polar surface area (TPSA) is 21.3 Å². The van der Waals surface area contributed by atoms with Gasteiger partial charge < -0.3 is 10.1 Å². The van der Waals surface area contributed by atoms with Crippen molar-refractivity contribution in [1.82, 2.24) is 5.32 Å². The van der Waals surface area contributed by atoms with Crippen LogP contribution in [0.15, 0.2) is 46.9 Å². The lowest BCUT2D eigenvalue weighted by atomic mass is 9.99. The number of hydrogen-bond acceptors (Lipinski definition) is 2. The summed E-state index contributed by atoms with van der Waals surface area (Å²) < 4.78 is 8.17. The zero-order valence-corrected chi connectivity index (χ0v) is 15.5. The molecule has 0 spiro atoms. The molecule has 3 rings (SSSR count). The average molecular weight is 458 g/mol. The molecule has 2 aromatic carbocycles. The predicted octanol–water partition coefficient (Wildman–Crippen LogP) is 4.90. The van der Waals surface area contributed by atoms with E-state index in [2.05, 4.69) is 86.3 Å². The van der Waals surface area contributed by atoms with Crippen LogP contribution in [0.25, 0.3) is 0 Å². The Bertz CT molecular complexity index is 625. The van der Waals surface area contributed by atoms with Crippen molar-refractivity contribution >= 4 is 38.5 Å². The molecule has 1 saturated carbocycles. The Morgan fingerprint density at radius 1 is 1.19 bits per heavy atom. The third kappa shape index (κ3) is 3.79. The van der Waals surface area contributed by atoms with Gasteiger partial charge in [0.2, 0.25) is 0 Å². The highest BCUT2D eigenvalue weighted by Gasteiger charge is 2.23. The zero-order chi connectivity index (χ0) is 14.8. The van der Waals surface area contributed by atoms with Crippen LogP contribution in [0, 0.1) is 3.57 Å². The molecule has 0 radical (unpaired) electrons. The lowest BCUT2D eigenvalue weighted by molar-refractivity contribution is 0.303.